The molecule has 7 heteroatoms. The van der Waals surface area contributed by atoms with Crippen LogP contribution in [-0.4, -0.2) is 38.9 Å². The van der Waals surface area contributed by atoms with Crippen LogP contribution < -0.4 is 4.72 Å². The Morgan fingerprint density at radius 1 is 1.52 bits per heavy atom. The molecule has 1 N–H and O–H groups in total. The van der Waals surface area contributed by atoms with Gasteiger partial charge < -0.3 is 4.90 Å². The summed E-state index contributed by atoms with van der Waals surface area (Å²) in [4.78, 5) is 13.8. The molecule has 0 aliphatic carbocycles. The van der Waals surface area contributed by atoms with Crippen molar-refractivity contribution in [2.45, 2.75) is 6.42 Å². The first kappa shape index (κ1) is 15.7. The number of hydrogen-bond donors (Lipinski definition) is 1. The summed E-state index contributed by atoms with van der Waals surface area (Å²) in [6, 6.07) is 5.55. The van der Waals surface area contributed by atoms with Crippen molar-refractivity contribution in [3.05, 3.63) is 47.6 Å². The van der Waals surface area contributed by atoms with Gasteiger partial charge in [0.1, 0.15) is 5.82 Å². The lowest BCUT2D eigenvalue weighted by Crippen LogP contribution is -2.32. The highest BCUT2D eigenvalue weighted by Crippen LogP contribution is 2.18. The summed E-state index contributed by atoms with van der Waals surface area (Å²) in [7, 11) is -3.44. The van der Waals surface area contributed by atoms with Gasteiger partial charge >= 0.3 is 0 Å². The van der Waals surface area contributed by atoms with Crippen LogP contribution in [0.25, 0.3) is 0 Å². The molecule has 0 radical (unpaired) electrons. The fourth-order valence-corrected chi connectivity index (χ4v) is 2.87. The molecule has 1 aromatic carbocycles. The maximum atomic E-state index is 13.1. The Morgan fingerprint density at radius 2 is 2.29 bits per heavy atom. The molecule has 1 saturated heterocycles. The first-order valence-corrected chi connectivity index (χ1v) is 8.13. The Labute approximate surface area is 123 Å². The van der Waals surface area contributed by atoms with Gasteiger partial charge in [-0.3, -0.25) is 4.79 Å². The summed E-state index contributed by atoms with van der Waals surface area (Å²) in [6.07, 6.45) is 0.709. The van der Waals surface area contributed by atoms with Gasteiger partial charge in [0, 0.05) is 30.6 Å². The van der Waals surface area contributed by atoms with E-state index in [4.69, 9.17) is 0 Å². The Bertz CT molecular complexity index is 645. The lowest BCUT2D eigenvalue weighted by Gasteiger charge is -2.16. The van der Waals surface area contributed by atoms with Crippen LogP contribution in [0.4, 0.5) is 4.39 Å². The van der Waals surface area contributed by atoms with Crippen LogP contribution in [0.2, 0.25) is 0 Å². The second-order valence-electron chi connectivity index (χ2n) is 4.98. The van der Waals surface area contributed by atoms with Crippen LogP contribution in [0.3, 0.4) is 0 Å². The number of likely N-dealkylation sites (tertiary alicyclic amines) is 1. The van der Waals surface area contributed by atoms with E-state index in [1.54, 1.807) is 11.0 Å². The summed E-state index contributed by atoms with van der Waals surface area (Å²) < 4.78 is 38.1. The predicted octanol–water partition coefficient (Wildman–Crippen LogP) is 1.35. The van der Waals surface area contributed by atoms with Crippen molar-refractivity contribution < 1.29 is 17.6 Å². The quantitative estimate of drug-likeness (QED) is 0.892. The topological polar surface area (TPSA) is 66.5 Å². The summed E-state index contributed by atoms with van der Waals surface area (Å²) in [5.74, 6) is -0.629. The molecule has 1 aliphatic heterocycles. The molecule has 1 aliphatic rings. The molecule has 0 aromatic heterocycles. The number of rotatable bonds is 5. The number of nitrogens with one attached hydrogen (secondary N) is 1. The van der Waals surface area contributed by atoms with Gasteiger partial charge in [0.25, 0.3) is 5.91 Å². The highest BCUT2D eigenvalue weighted by Gasteiger charge is 2.27. The number of hydrogen-bond acceptors (Lipinski definition) is 3. The highest BCUT2D eigenvalue weighted by atomic mass is 32.2. The lowest BCUT2D eigenvalue weighted by atomic mass is 10.1. The zero-order chi connectivity index (χ0) is 15.5. The van der Waals surface area contributed by atoms with Crippen LogP contribution in [0, 0.1) is 11.7 Å². The van der Waals surface area contributed by atoms with Crippen molar-refractivity contribution in [3.63, 3.8) is 0 Å². The number of carbonyl (C=O) groups excluding carboxylic acids is 1. The number of nitrogens with zero attached hydrogens (tertiary/aromatic N) is 1. The number of halogens is 1. The van der Waals surface area contributed by atoms with Gasteiger partial charge in [0.2, 0.25) is 10.0 Å². The molecule has 5 nitrogen and oxygen atoms in total. The minimum Gasteiger partial charge on any atom is -0.338 e. The average Bonchev–Trinajstić information content (AvgIpc) is 2.93. The van der Waals surface area contributed by atoms with E-state index >= 15 is 0 Å². The van der Waals surface area contributed by atoms with Crippen LogP contribution in [0.5, 0.6) is 0 Å². The number of carbonyl (C=O) groups is 1. The Morgan fingerprint density at radius 3 is 2.95 bits per heavy atom. The molecule has 1 atom stereocenters. The van der Waals surface area contributed by atoms with Crippen molar-refractivity contribution in [1.29, 1.82) is 0 Å². The fourth-order valence-electron chi connectivity index (χ4n) is 2.28. The van der Waals surface area contributed by atoms with Gasteiger partial charge in [-0.05, 0) is 30.5 Å². The van der Waals surface area contributed by atoms with Crippen LogP contribution in [-0.2, 0) is 10.0 Å². The molecule has 1 amide bonds. The Kier molecular flexibility index (Phi) is 4.74. The molecule has 2 rings (SSSR count). The van der Waals surface area contributed by atoms with Gasteiger partial charge in [-0.15, -0.1) is 0 Å². The highest BCUT2D eigenvalue weighted by molar-refractivity contribution is 7.92. The molecule has 1 fully saturated rings. The first-order valence-electron chi connectivity index (χ1n) is 6.58. The number of amides is 1. The summed E-state index contributed by atoms with van der Waals surface area (Å²) >= 11 is 0. The second kappa shape index (κ2) is 6.36. The maximum absolute atomic E-state index is 13.1. The molecule has 1 heterocycles. The Hall–Kier alpha value is -1.73. The smallest absolute Gasteiger partial charge is 0.253 e. The van der Waals surface area contributed by atoms with Crippen LogP contribution >= 0.6 is 0 Å². The standard InChI is InChI=1S/C14H17FN2O3S/c1-2-21(19,20)16-9-11-6-7-17(10-11)14(18)12-4-3-5-13(15)8-12/h2-5,8,11,16H,1,6-7,9-10H2. The molecule has 0 bridgehead atoms. The molecular weight excluding hydrogens is 295 g/mol. The largest absolute Gasteiger partial charge is 0.338 e. The minimum absolute atomic E-state index is 0.0530. The van der Waals surface area contributed by atoms with Crippen molar-refractivity contribution in [1.82, 2.24) is 9.62 Å². The molecule has 114 valence electrons. The molecule has 0 spiro atoms. The van der Waals surface area contributed by atoms with Gasteiger partial charge in [0.15, 0.2) is 0 Å². The van der Waals surface area contributed by atoms with E-state index in [1.807, 2.05) is 0 Å². The third kappa shape index (κ3) is 4.12. The van der Waals surface area contributed by atoms with E-state index in [-0.39, 0.29) is 18.4 Å². The normalized spacial score (nSPS) is 18.7. The third-order valence-electron chi connectivity index (χ3n) is 3.44. The third-order valence-corrected chi connectivity index (χ3v) is 4.45. The Balaban J connectivity index is 1.93. The average molecular weight is 312 g/mol. The number of benzene rings is 1. The van der Waals surface area contributed by atoms with Crippen molar-refractivity contribution in [3.8, 4) is 0 Å². The zero-order valence-electron chi connectivity index (χ0n) is 11.5. The van der Waals surface area contributed by atoms with E-state index in [9.17, 15) is 17.6 Å². The minimum atomic E-state index is -3.44. The molecular formula is C14H17FN2O3S. The van der Waals surface area contributed by atoms with Crippen molar-refractivity contribution in [2.24, 2.45) is 5.92 Å². The first-order chi connectivity index (χ1) is 9.91. The monoisotopic (exact) mass is 312 g/mol. The lowest BCUT2D eigenvalue weighted by molar-refractivity contribution is 0.0787. The maximum Gasteiger partial charge on any atom is 0.253 e. The van der Waals surface area contributed by atoms with Gasteiger partial charge in [0.05, 0.1) is 0 Å². The predicted molar refractivity (Wildman–Crippen MR) is 77.5 cm³/mol. The van der Waals surface area contributed by atoms with Crippen LogP contribution in [0.1, 0.15) is 16.8 Å². The SMILES string of the molecule is C=CS(=O)(=O)NCC1CCN(C(=O)c2cccc(F)c2)C1. The molecule has 21 heavy (non-hydrogen) atoms. The molecule has 1 aromatic rings. The van der Waals surface area contributed by atoms with E-state index in [1.165, 1.54) is 18.2 Å². The zero-order valence-corrected chi connectivity index (χ0v) is 12.3. The van der Waals surface area contributed by atoms with Crippen molar-refractivity contribution in [2.75, 3.05) is 19.6 Å². The van der Waals surface area contributed by atoms with Gasteiger partial charge in [-0.25, -0.2) is 17.5 Å². The van der Waals surface area contributed by atoms with Gasteiger partial charge in [-0.1, -0.05) is 12.6 Å². The van der Waals surface area contributed by atoms with Gasteiger partial charge in [-0.2, -0.15) is 0 Å². The summed E-state index contributed by atoms with van der Waals surface area (Å²) in [5.41, 5.74) is 0.308. The van der Waals surface area contributed by atoms with E-state index < -0.39 is 15.8 Å². The van der Waals surface area contributed by atoms with E-state index in [0.29, 0.717) is 25.1 Å². The molecule has 1 unspecified atom stereocenters. The van der Waals surface area contributed by atoms with E-state index in [0.717, 1.165) is 5.41 Å². The summed E-state index contributed by atoms with van der Waals surface area (Å²) in [5, 5.41) is 0.859. The summed E-state index contributed by atoms with van der Waals surface area (Å²) in [6.45, 7) is 4.47. The molecule has 0 saturated carbocycles. The number of sulfonamides is 1. The van der Waals surface area contributed by atoms with Crippen LogP contribution in [0.15, 0.2) is 36.3 Å². The van der Waals surface area contributed by atoms with E-state index in [2.05, 4.69) is 11.3 Å². The fraction of sp³-hybridized carbons (Fsp3) is 0.357. The van der Waals surface area contributed by atoms with Crippen molar-refractivity contribution >= 4 is 15.9 Å². The second-order valence-corrected chi connectivity index (χ2v) is 6.69.